The van der Waals surface area contributed by atoms with Crippen molar-refractivity contribution in [3.8, 4) is 0 Å². The van der Waals surface area contributed by atoms with Gasteiger partial charge in [-0.3, -0.25) is 5.32 Å². The first-order chi connectivity index (χ1) is 10.6. The lowest BCUT2D eigenvalue weighted by molar-refractivity contribution is 0.191. The van der Waals surface area contributed by atoms with Crippen LogP contribution in [0, 0.1) is 0 Å². The van der Waals surface area contributed by atoms with Crippen molar-refractivity contribution in [1.82, 2.24) is 5.32 Å². The van der Waals surface area contributed by atoms with Gasteiger partial charge in [-0.25, -0.2) is 4.79 Å². The first-order valence-electron chi connectivity index (χ1n) is 6.94. The molecule has 112 valence electrons. The lowest BCUT2D eigenvalue weighted by atomic mass is 9.99. The van der Waals surface area contributed by atoms with Crippen molar-refractivity contribution in [3.63, 3.8) is 0 Å². The first-order valence-corrected chi connectivity index (χ1v) is 6.94. The van der Waals surface area contributed by atoms with Crippen LogP contribution >= 0.6 is 0 Å². The fourth-order valence-electron chi connectivity index (χ4n) is 2.57. The molecule has 1 amide bonds. The molecule has 1 aliphatic heterocycles. The Morgan fingerprint density at radius 1 is 1.23 bits per heavy atom. The number of hydrogen-bond donors (Lipinski definition) is 3. The molecule has 1 heterocycles. The molecule has 22 heavy (non-hydrogen) atoms. The zero-order valence-electron chi connectivity index (χ0n) is 12.2. The van der Waals surface area contributed by atoms with Gasteiger partial charge in [0.1, 0.15) is 0 Å². The third kappa shape index (κ3) is 2.48. The normalized spacial score (nSPS) is 15.9. The minimum absolute atomic E-state index is 0.465. The zero-order valence-corrected chi connectivity index (χ0v) is 12.2. The van der Waals surface area contributed by atoms with Crippen LogP contribution < -0.4 is 15.5 Å². The summed E-state index contributed by atoms with van der Waals surface area (Å²) in [6.45, 7) is 4.16. The highest BCUT2D eigenvalue weighted by Crippen LogP contribution is 2.36. The third-order valence-electron chi connectivity index (χ3n) is 3.79. The second-order valence-electron chi connectivity index (χ2n) is 5.18. The molecule has 0 spiro atoms. The maximum atomic E-state index is 10.8. The van der Waals surface area contributed by atoms with Gasteiger partial charge in [0, 0.05) is 7.05 Å². The van der Waals surface area contributed by atoms with Crippen molar-refractivity contribution in [2.45, 2.75) is 6.29 Å². The quantitative estimate of drug-likeness (QED) is 0.814. The van der Waals surface area contributed by atoms with Crippen LogP contribution in [0.5, 0.6) is 0 Å². The van der Waals surface area contributed by atoms with Crippen LogP contribution in [-0.2, 0) is 0 Å². The van der Waals surface area contributed by atoms with E-state index in [1.54, 1.807) is 0 Å². The van der Waals surface area contributed by atoms with Gasteiger partial charge in [-0.2, -0.15) is 0 Å². The third-order valence-corrected chi connectivity index (χ3v) is 3.79. The standard InChI is InChI=1S/C17H17N3O2/c1-11(12-6-4-3-5-7-12)13-8-9-14-15(10-13)20(2)16(18-14)19-17(21)22/h3-10,16,18-19H,1H2,2H3,(H,21,22). The lowest BCUT2D eigenvalue weighted by Crippen LogP contribution is -2.47. The molecule has 0 radical (unpaired) electrons. The molecule has 0 aliphatic carbocycles. The first kappa shape index (κ1) is 14.0. The average Bonchev–Trinajstić information content (AvgIpc) is 2.82. The average molecular weight is 295 g/mol. The Morgan fingerprint density at radius 3 is 2.64 bits per heavy atom. The maximum Gasteiger partial charge on any atom is 0.407 e. The number of carboxylic acid groups (broad SMARTS) is 1. The summed E-state index contributed by atoms with van der Waals surface area (Å²) in [5.74, 6) is 0. The van der Waals surface area contributed by atoms with E-state index in [4.69, 9.17) is 5.11 Å². The summed E-state index contributed by atoms with van der Waals surface area (Å²) in [6.07, 6.45) is -1.53. The molecule has 1 unspecified atom stereocenters. The Hall–Kier alpha value is -2.95. The van der Waals surface area contributed by atoms with E-state index in [1.807, 2.05) is 60.5 Å². The van der Waals surface area contributed by atoms with E-state index >= 15 is 0 Å². The van der Waals surface area contributed by atoms with Crippen molar-refractivity contribution in [2.24, 2.45) is 0 Å². The van der Waals surface area contributed by atoms with Crippen LogP contribution in [0.25, 0.3) is 5.57 Å². The van der Waals surface area contributed by atoms with E-state index in [0.717, 1.165) is 28.1 Å². The van der Waals surface area contributed by atoms with Crippen molar-refractivity contribution >= 4 is 23.0 Å². The van der Waals surface area contributed by atoms with Gasteiger partial charge in [-0.1, -0.05) is 43.0 Å². The smallest absolute Gasteiger partial charge is 0.407 e. The summed E-state index contributed by atoms with van der Waals surface area (Å²) in [4.78, 5) is 12.7. The van der Waals surface area contributed by atoms with E-state index in [0.29, 0.717) is 0 Å². The van der Waals surface area contributed by atoms with E-state index in [-0.39, 0.29) is 0 Å². The van der Waals surface area contributed by atoms with Crippen molar-refractivity contribution in [3.05, 3.63) is 66.2 Å². The van der Waals surface area contributed by atoms with Gasteiger partial charge in [-0.15, -0.1) is 0 Å². The number of carbonyl (C=O) groups is 1. The summed E-state index contributed by atoms with van der Waals surface area (Å²) in [5.41, 5.74) is 4.84. The Morgan fingerprint density at radius 2 is 1.95 bits per heavy atom. The minimum atomic E-state index is -1.06. The SMILES string of the molecule is C=C(c1ccccc1)c1ccc2c(c1)N(C)C(NC(=O)O)N2. The molecule has 3 N–H and O–H groups in total. The van der Waals surface area contributed by atoms with Gasteiger partial charge in [0.2, 0.25) is 0 Å². The second-order valence-corrected chi connectivity index (χ2v) is 5.18. The van der Waals surface area contributed by atoms with Crippen molar-refractivity contribution in [1.29, 1.82) is 0 Å². The molecule has 0 saturated carbocycles. The summed E-state index contributed by atoms with van der Waals surface area (Å²) in [5, 5.41) is 14.4. The molecular weight excluding hydrogens is 278 g/mol. The highest BCUT2D eigenvalue weighted by molar-refractivity contribution is 5.85. The van der Waals surface area contributed by atoms with Gasteiger partial charge in [0.25, 0.3) is 0 Å². The van der Waals surface area contributed by atoms with Gasteiger partial charge in [0.15, 0.2) is 6.29 Å². The van der Waals surface area contributed by atoms with E-state index in [2.05, 4.69) is 17.2 Å². The topological polar surface area (TPSA) is 64.6 Å². The molecule has 0 aromatic heterocycles. The number of rotatable bonds is 3. The predicted molar refractivity (Wildman–Crippen MR) is 88.0 cm³/mol. The fourth-order valence-corrected chi connectivity index (χ4v) is 2.57. The number of nitrogens with one attached hydrogen (secondary N) is 2. The van der Waals surface area contributed by atoms with Gasteiger partial charge < -0.3 is 15.3 Å². The zero-order chi connectivity index (χ0) is 15.7. The van der Waals surface area contributed by atoms with Crippen LogP contribution in [0.2, 0.25) is 0 Å². The fraction of sp³-hybridized carbons (Fsp3) is 0.118. The molecule has 1 atom stereocenters. The highest BCUT2D eigenvalue weighted by Gasteiger charge is 2.27. The molecule has 2 aromatic rings. The monoisotopic (exact) mass is 295 g/mol. The molecule has 3 rings (SSSR count). The van der Waals surface area contributed by atoms with E-state index in [9.17, 15) is 4.79 Å². The Balaban J connectivity index is 1.89. The second kappa shape index (κ2) is 5.44. The van der Waals surface area contributed by atoms with E-state index in [1.165, 1.54) is 0 Å². The summed E-state index contributed by atoms with van der Waals surface area (Å²) in [6, 6.07) is 15.9. The van der Waals surface area contributed by atoms with Crippen LogP contribution in [0.3, 0.4) is 0 Å². The lowest BCUT2D eigenvalue weighted by Gasteiger charge is -2.21. The number of nitrogens with zero attached hydrogens (tertiary/aromatic N) is 1. The number of hydrogen-bond acceptors (Lipinski definition) is 3. The Labute approximate surface area is 128 Å². The molecule has 0 fully saturated rings. The number of amides is 1. The largest absolute Gasteiger partial charge is 0.465 e. The van der Waals surface area contributed by atoms with Gasteiger partial charge in [0.05, 0.1) is 11.4 Å². The molecule has 0 saturated heterocycles. The van der Waals surface area contributed by atoms with Crippen molar-refractivity contribution in [2.75, 3.05) is 17.3 Å². The Bertz CT molecular complexity index is 728. The number of anilines is 2. The van der Waals surface area contributed by atoms with E-state index < -0.39 is 12.4 Å². The maximum absolute atomic E-state index is 10.8. The van der Waals surface area contributed by atoms with Gasteiger partial charge >= 0.3 is 6.09 Å². The van der Waals surface area contributed by atoms with Gasteiger partial charge in [-0.05, 0) is 28.8 Å². The number of benzene rings is 2. The molecule has 2 aromatic carbocycles. The van der Waals surface area contributed by atoms with Crippen LogP contribution in [0.15, 0.2) is 55.1 Å². The molecular formula is C17H17N3O2. The summed E-state index contributed by atoms with van der Waals surface area (Å²) in [7, 11) is 1.84. The minimum Gasteiger partial charge on any atom is -0.465 e. The summed E-state index contributed by atoms with van der Waals surface area (Å²) < 4.78 is 0. The predicted octanol–water partition coefficient (Wildman–Crippen LogP) is 3.16. The van der Waals surface area contributed by atoms with Crippen LogP contribution in [0.1, 0.15) is 11.1 Å². The highest BCUT2D eigenvalue weighted by atomic mass is 16.4. The number of fused-ring (bicyclic) bond motifs is 1. The summed E-state index contributed by atoms with van der Waals surface area (Å²) >= 11 is 0. The Kier molecular flexibility index (Phi) is 3.47. The van der Waals surface area contributed by atoms with Crippen molar-refractivity contribution < 1.29 is 9.90 Å². The van der Waals surface area contributed by atoms with Crippen LogP contribution in [-0.4, -0.2) is 24.5 Å². The molecule has 5 nitrogen and oxygen atoms in total. The molecule has 5 heteroatoms. The van der Waals surface area contributed by atoms with Crippen LogP contribution in [0.4, 0.5) is 16.2 Å². The molecule has 1 aliphatic rings. The molecule has 0 bridgehead atoms.